The lowest BCUT2D eigenvalue weighted by atomic mass is 10.0. The number of halogens is 3. The third-order valence-corrected chi connectivity index (χ3v) is 6.28. The number of likely N-dealkylation sites (tertiary alicyclic amines) is 1. The number of nitrogens with zero attached hydrogens (tertiary/aromatic N) is 1. The van der Waals surface area contributed by atoms with Gasteiger partial charge in [0.05, 0.1) is 12.1 Å². The van der Waals surface area contributed by atoms with Gasteiger partial charge >= 0.3 is 12.1 Å². The zero-order chi connectivity index (χ0) is 24.7. The maximum atomic E-state index is 12.8. The van der Waals surface area contributed by atoms with Gasteiger partial charge in [-0.25, -0.2) is 0 Å². The normalized spacial score (nSPS) is 15.2. The second kappa shape index (κ2) is 11.5. The first kappa shape index (κ1) is 24.9. The average molecular weight is 483 g/mol. The molecule has 0 amide bonds. The number of esters is 1. The van der Waals surface area contributed by atoms with Gasteiger partial charge in [0.15, 0.2) is 0 Å². The molecular weight excluding hydrogens is 453 g/mol. The van der Waals surface area contributed by atoms with E-state index in [0.29, 0.717) is 19.2 Å². The maximum absolute atomic E-state index is 12.8. The monoisotopic (exact) mass is 482 g/mol. The molecule has 0 radical (unpaired) electrons. The number of alkyl halides is 3. The fourth-order valence-electron chi connectivity index (χ4n) is 4.19. The number of piperidine rings is 1. The van der Waals surface area contributed by atoms with Gasteiger partial charge in [-0.2, -0.15) is 13.2 Å². The van der Waals surface area contributed by atoms with Gasteiger partial charge in [-0.1, -0.05) is 66.7 Å². The Morgan fingerprint density at radius 2 is 1.46 bits per heavy atom. The number of carbonyl (C=O) groups is 1. The second-order valence-corrected chi connectivity index (χ2v) is 8.85. The topological polar surface area (TPSA) is 41.6 Å². The van der Waals surface area contributed by atoms with Crippen LogP contribution in [0.5, 0.6) is 0 Å². The molecule has 4 nitrogen and oxygen atoms in total. The van der Waals surface area contributed by atoms with Gasteiger partial charge in [0, 0.05) is 25.7 Å². The van der Waals surface area contributed by atoms with Crippen molar-refractivity contribution in [2.24, 2.45) is 0 Å². The van der Waals surface area contributed by atoms with E-state index < -0.39 is 11.7 Å². The standard InChI is InChI=1S/C28H29F3N2O2/c29-28(30,31)25-12-10-24(11-13-25)23-8-6-21(7-9-23)18-32-26-14-16-33(17-15-26)19-27(34)35-20-22-4-2-1-3-5-22/h1-13,26,32H,14-20H2. The third-order valence-electron chi connectivity index (χ3n) is 6.28. The van der Waals surface area contributed by atoms with E-state index in [-0.39, 0.29) is 5.97 Å². The van der Waals surface area contributed by atoms with Crippen molar-refractivity contribution in [2.75, 3.05) is 19.6 Å². The van der Waals surface area contributed by atoms with Crippen LogP contribution in [0, 0.1) is 0 Å². The number of benzene rings is 3. The smallest absolute Gasteiger partial charge is 0.416 e. The molecule has 0 bridgehead atoms. The van der Waals surface area contributed by atoms with Crippen molar-refractivity contribution in [2.45, 2.75) is 38.2 Å². The van der Waals surface area contributed by atoms with Crippen LogP contribution in [-0.2, 0) is 28.9 Å². The molecule has 0 aromatic heterocycles. The highest BCUT2D eigenvalue weighted by atomic mass is 19.4. The van der Waals surface area contributed by atoms with Crippen LogP contribution in [0.4, 0.5) is 13.2 Å². The molecule has 35 heavy (non-hydrogen) atoms. The van der Waals surface area contributed by atoms with E-state index in [1.807, 2.05) is 54.6 Å². The van der Waals surface area contributed by atoms with Crippen LogP contribution in [-0.4, -0.2) is 36.5 Å². The first-order chi connectivity index (χ1) is 16.9. The largest absolute Gasteiger partial charge is 0.460 e. The first-order valence-electron chi connectivity index (χ1n) is 11.8. The Morgan fingerprint density at radius 1 is 0.857 bits per heavy atom. The molecule has 1 aliphatic heterocycles. The van der Waals surface area contributed by atoms with Crippen molar-refractivity contribution in [1.82, 2.24) is 10.2 Å². The minimum absolute atomic E-state index is 0.201. The highest BCUT2D eigenvalue weighted by Crippen LogP contribution is 2.31. The Labute approximate surface area is 203 Å². The van der Waals surface area contributed by atoms with Crippen molar-refractivity contribution in [3.63, 3.8) is 0 Å². The van der Waals surface area contributed by atoms with Gasteiger partial charge in [0.1, 0.15) is 6.61 Å². The number of hydrogen-bond donors (Lipinski definition) is 1. The Kier molecular flexibility index (Phi) is 8.21. The molecule has 0 spiro atoms. The van der Waals surface area contributed by atoms with E-state index in [1.54, 1.807) is 0 Å². The average Bonchev–Trinajstić information content (AvgIpc) is 2.88. The van der Waals surface area contributed by atoms with Gasteiger partial charge in [-0.05, 0) is 47.2 Å². The van der Waals surface area contributed by atoms with Crippen molar-refractivity contribution in [3.05, 3.63) is 95.6 Å². The Balaban J connectivity index is 1.17. The van der Waals surface area contributed by atoms with Crippen molar-refractivity contribution in [3.8, 4) is 11.1 Å². The van der Waals surface area contributed by atoms with Crippen LogP contribution in [0.3, 0.4) is 0 Å². The van der Waals surface area contributed by atoms with Crippen LogP contribution >= 0.6 is 0 Å². The summed E-state index contributed by atoms with van der Waals surface area (Å²) in [7, 11) is 0. The minimum atomic E-state index is -4.32. The molecular formula is C28H29F3N2O2. The molecule has 1 aliphatic rings. The lowest BCUT2D eigenvalue weighted by Crippen LogP contribution is -2.44. The summed E-state index contributed by atoms with van der Waals surface area (Å²) >= 11 is 0. The molecule has 4 rings (SSSR count). The molecule has 3 aromatic rings. The Bertz CT molecular complexity index is 1080. The van der Waals surface area contributed by atoms with Gasteiger partial charge in [0.25, 0.3) is 0 Å². The van der Waals surface area contributed by atoms with Crippen molar-refractivity contribution >= 4 is 5.97 Å². The first-order valence-corrected chi connectivity index (χ1v) is 11.8. The van der Waals surface area contributed by atoms with E-state index in [9.17, 15) is 18.0 Å². The molecule has 0 atom stereocenters. The summed E-state index contributed by atoms with van der Waals surface area (Å²) in [5, 5.41) is 3.57. The molecule has 184 valence electrons. The lowest BCUT2D eigenvalue weighted by Gasteiger charge is -2.31. The molecule has 1 N–H and O–H groups in total. The fourth-order valence-corrected chi connectivity index (χ4v) is 4.19. The number of nitrogens with one attached hydrogen (secondary N) is 1. The Hall–Kier alpha value is -3.16. The van der Waals surface area contributed by atoms with E-state index in [2.05, 4.69) is 10.2 Å². The van der Waals surface area contributed by atoms with Gasteiger partial charge < -0.3 is 10.1 Å². The molecule has 0 aliphatic carbocycles. The fraction of sp³-hybridized carbons (Fsp3) is 0.321. The maximum Gasteiger partial charge on any atom is 0.416 e. The summed E-state index contributed by atoms with van der Waals surface area (Å²) in [5.41, 5.74) is 3.10. The summed E-state index contributed by atoms with van der Waals surface area (Å²) < 4.78 is 43.6. The summed E-state index contributed by atoms with van der Waals surface area (Å²) in [6, 6.07) is 23.1. The van der Waals surface area contributed by atoms with Gasteiger partial charge in [-0.3, -0.25) is 9.69 Å². The molecule has 0 saturated carbocycles. The molecule has 1 saturated heterocycles. The van der Waals surface area contributed by atoms with Crippen LogP contribution in [0.1, 0.15) is 29.5 Å². The lowest BCUT2D eigenvalue weighted by molar-refractivity contribution is -0.146. The highest BCUT2D eigenvalue weighted by Gasteiger charge is 2.30. The van der Waals surface area contributed by atoms with E-state index >= 15 is 0 Å². The van der Waals surface area contributed by atoms with Crippen molar-refractivity contribution in [1.29, 1.82) is 0 Å². The molecule has 1 heterocycles. The third kappa shape index (κ3) is 7.41. The summed E-state index contributed by atoms with van der Waals surface area (Å²) in [6.07, 6.45) is -2.42. The predicted molar refractivity (Wildman–Crippen MR) is 129 cm³/mol. The number of hydrogen-bond acceptors (Lipinski definition) is 4. The summed E-state index contributed by atoms with van der Waals surface area (Å²) in [4.78, 5) is 14.3. The molecule has 3 aromatic carbocycles. The van der Waals surface area contributed by atoms with Crippen molar-refractivity contribution < 1.29 is 22.7 Å². The van der Waals surface area contributed by atoms with Gasteiger partial charge in [-0.15, -0.1) is 0 Å². The van der Waals surface area contributed by atoms with Crippen LogP contribution in [0.2, 0.25) is 0 Å². The van der Waals surface area contributed by atoms with Gasteiger partial charge in [0.2, 0.25) is 0 Å². The highest BCUT2D eigenvalue weighted by molar-refractivity contribution is 5.71. The number of rotatable bonds is 8. The number of carbonyl (C=O) groups excluding carboxylic acids is 1. The Morgan fingerprint density at radius 3 is 2.06 bits per heavy atom. The van der Waals surface area contributed by atoms with E-state index in [1.165, 1.54) is 12.1 Å². The quantitative estimate of drug-likeness (QED) is 0.420. The zero-order valence-corrected chi connectivity index (χ0v) is 19.4. The zero-order valence-electron chi connectivity index (χ0n) is 19.4. The van der Waals surface area contributed by atoms with Crippen LogP contribution in [0.15, 0.2) is 78.9 Å². The summed E-state index contributed by atoms with van der Waals surface area (Å²) in [6.45, 7) is 3.01. The van der Waals surface area contributed by atoms with Crippen LogP contribution < -0.4 is 5.32 Å². The van der Waals surface area contributed by atoms with E-state index in [0.717, 1.165) is 66.9 Å². The molecule has 1 fully saturated rings. The number of ether oxygens (including phenoxy) is 1. The second-order valence-electron chi connectivity index (χ2n) is 8.85. The summed E-state index contributed by atoms with van der Waals surface area (Å²) in [5.74, 6) is -0.201. The van der Waals surface area contributed by atoms with Crippen LogP contribution in [0.25, 0.3) is 11.1 Å². The van der Waals surface area contributed by atoms with E-state index in [4.69, 9.17) is 4.74 Å². The minimum Gasteiger partial charge on any atom is -0.460 e. The molecule has 7 heteroatoms. The predicted octanol–water partition coefficient (Wildman–Crippen LogP) is 5.67. The SMILES string of the molecule is O=C(CN1CCC(NCc2ccc(-c3ccc(C(F)(F)F)cc3)cc2)CC1)OCc1ccccc1. The molecule has 0 unspecified atom stereocenters.